The number of thioether (sulfide) groups is 1. The van der Waals surface area contributed by atoms with Crippen LogP contribution in [0.3, 0.4) is 0 Å². The SMILES string of the molecule is CC(CC(=O)Nc1ccccc1C(F)(F)F)NCCSc1ccccc1. The van der Waals surface area contributed by atoms with Crippen molar-refractivity contribution in [3.05, 3.63) is 60.2 Å². The first-order valence-electron chi connectivity index (χ1n) is 8.23. The Bertz CT molecular complexity index is 707. The molecule has 140 valence electrons. The predicted molar refractivity (Wildman–Crippen MR) is 99.3 cm³/mol. The van der Waals surface area contributed by atoms with E-state index < -0.39 is 17.6 Å². The molecule has 7 heteroatoms. The lowest BCUT2D eigenvalue weighted by molar-refractivity contribution is -0.137. The van der Waals surface area contributed by atoms with Crippen LogP contribution in [0.5, 0.6) is 0 Å². The lowest BCUT2D eigenvalue weighted by Gasteiger charge is -2.16. The van der Waals surface area contributed by atoms with Crippen LogP contribution in [0.4, 0.5) is 18.9 Å². The summed E-state index contributed by atoms with van der Waals surface area (Å²) >= 11 is 1.70. The van der Waals surface area contributed by atoms with Crippen LogP contribution >= 0.6 is 11.8 Å². The summed E-state index contributed by atoms with van der Waals surface area (Å²) in [6.07, 6.45) is -4.40. The number of carbonyl (C=O) groups excluding carboxylic acids is 1. The molecule has 26 heavy (non-hydrogen) atoms. The van der Waals surface area contributed by atoms with E-state index in [0.29, 0.717) is 6.54 Å². The molecular weight excluding hydrogens is 361 g/mol. The van der Waals surface area contributed by atoms with Gasteiger partial charge in [-0.05, 0) is 31.2 Å². The third-order valence-electron chi connectivity index (χ3n) is 3.60. The van der Waals surface area contributed by atoms with Gasteiger partial charge in [-0.15, -0.1) is 11.8 Å². The maximum absolute atomic E-state index is 12.9. The summed E-state index contributed by atoms with van der Waals surface area (Å²) in [5.74, 6) is 0.393. The molecule has 0 aliphatic heterocycles. The van der Waals surface area contributed by atoms with Gasteiger partial charge >= 0.3 is 6.18 Å². The number of nitrogens with one attached hydrogen (secondary N) is 2. The third-order valence-corrected chi connectivity index (χ3v) is 4.62. The van der Waals surface area contributed by atoms with Gasteiger partial charge in [0.15, 0.2) is 0 Å². The van der Waals surface area contributed by atoms with Crippen molar-refractivity contribution in [2.24, 2.45) is 0 Å². The van der Waals surface area contributed by atoms with Crippen molar-refractivity contribution >= 4 is 23.4 Å². The van der Waals surface area contributed by atoms with E-state index in [1.165, 1.54) is 23.1 Å². The van der Waals surface area contributed by atoms with Crippen molar-refractivity contribution in [2.75, 3.05) is 17.6 Å². The molecule has 0 spiro atoms. The first kappa shape index (κ1) is 20.3. The summed E-state index contributed by atoms with van der Waals surface area (Å²) < 4.78 is 38.8. The minimum absolute atomic E-state index is 0.0994. The van der Waals surface area contributed by atoms with Gasteiger partial charge in [0.2, 0.25) is 5.91 Å². The lowest BCUT2D eigenvalue weighted by Crippen LogP contribution is -2.32. The Kier molecular flexibility index (Phi) is 7.53. The number of amides is 1. The second-order valence-electron chi connectivity index (χ2n) is 5.81. The molecule has 0 saturated carbocycles. The van der Waals surface area contributed by atoms with E-state index in [1.54, 1.807) is 11.8 Å². The number of benzene rings is 2. The van der Waals surface area contributed by atoms with E-state index in [2.05, 4.69) is 10.6 Å². The number of carbonyl (C=O) groups is 1. The standard InChI is InChI=1S/C19H21F3N2OS/c1-14(23-11-12-26-15-7-3-2-4-8-15)13-18(25)24-17-10-6-5-9-16(17)19(20,21)22/h2-10,14,23H,11-13H2,1H3,(H,24,25). The Morgan fingerprint density at radius 2 is 1.73 bits per heavy atom. The molecule has 1 unspecified atom stereocenters. The number of alkyl halides is 3. The molecule has 0 radical (unpaired) electrons. The zero-order valence-corrected chi connectivity index (χ0v) is 15.2. The van der Waals surface area contributed by atoms with Crippen molar-refractivity contribution in [1.29, 1.82) is 0 Å². The summed E-state index contributed by atoms with van der Waals surface area (Å²) in [6, 6.07) is 14.8. The molecular formula is C19H21F3N2OS. The number of anilines is 1. The van der Waals surface area contributed by atoms with E-state index in [4.69, 9.17) is 0 Å². The first-order valence-corrected chi connectivity index (χ1v) is 9.22. The Morgan fingerprint density at radius 1 is 1.08 bits per heavy atom. The van der Waals surface area contributed by atoms with Gasteiger partial charge in [-0.25, -0.2) is 0 Å². The van der Waals surface area contributed by atoms with Crippen LogP contribution in [0.2, 0.25) is 0 Å². The maximum Gasteiger partial charge on any atom is 0.418 e. The van der Waals surface area contributed by atoms with Crippen molar-refractivity contribution in [2.45, 2.75) is 30.5 Å². The number of halogens is 3. The highest BCUT2D eigenvalue weighted by molar-refractivity contribution is 7.99. The van der Waals surface area contributed by atoms with Crippen molar-refractivity contribution in [1.82, 2.24) is 5.32 Å². The average molecular weight is 382 g/mol. The Hall–Kier alpha value is -1.99. The van der Waals surface area contributed by atoms with Crippen LogP contribution in [-0.2, 0) is 11.0 Å². The normalized spacial score (nSPS) is 12.6. The van der Waals surface area contributed by atoms with Crippen LogP contribution in [-0.4, -0.2) is 24.2 Å². The van der Waals surface area contributed by atoms with Crippen LogP contribution in [0.1, 0.15) is 18.9 Å². The van der Waals surface area contributed by atoms with E-state index in [-0.39, 0.29) is 18.2 Å². The zero-order valence-electron chi connectivity index (χ0n) is 14.3. The van der Waals surface area contributed by atoms with Gasteiger partial charge in [0.1, 0.15) is 0 Å². The molecule has 0 fully saturated rings. The summed E-state index contributed by atoms with van der Waals surface area (Å²) in [6.45, 7) is 2.54. The van der Waals surface area contributed by atoms with Crippen LogP contribution < -0.4 is 10.6 Å². The zero-order chi connectivity index (χ0) is 19.0. The number of hydrogen-bond acceptors (Lipinski definition) is 3. The quantitative estimate of drug-likeness (QED) is 0.509. The molecule has 0 aliphatic carbocycles. The molecule has 3 nitrogen and oxygen atoms in total. The third kappa shape index (κ3) is 6.72. The smallest absolute Gasteiger partial charge is 0.325 e. The van der Waals surface area contributed by atoms with Gasteiger partial charge in [0, 0.05) is 29.7 Å². The topological polar surface area (TPSA) is 41.1 Å². The predicted octanol–water partition coefficient (Wildman–Crippen LogP) is 4.80. The van der Waals surface area contributed by atoms with E-state index in [1.807, 2.05) is 37.3 Å². The second kappa shape index (κ2) is 9.64. The minimum Gasteiger partial charge on any atom is -0.325 e. The largest absolute Gasteiger partial charge is 0.418 e. The highest BCUT2D eigenvalue weighted by Crippen LogP contribution is 2.34. The van der Waals surface area contributed by atoms with Gasteiger partial charge in [-0.3, -0.25) is 4.79 Å². The van der Waals surface area contributed by atoms with Crippen LogP contribution in [0, 0.1) is 0 Å². The second-order valence-corrected chi connectivity index (χ2v) is 6.98. The fourth-order valence-corrected chi connectivity index (χ4v) is 3.19. The average Bonchev–Trinajstić information content (AvgIpc) is 2.59. The molecule has 2 N–H and O–H groups in total. The number of rotatable bonds is 8. The Balaban J connectivity index is 1.75. The van der Waals surface area contributed by atoms with Gasteiger partial charge in [0.05, 0.1) is 11.3 Å². The Morgan fingerprint density at radius 3 is 2.42 bits per heavy atom. The van der Waals surface area contributed by atoms with Crippen molar-refractivity contribution < 1.29 is 18.0 Å². The van der Waals surface area contributed by atoms with E-state index in [0.717, 1.165) is 11.8 Å². The van der Waals surface area contributed by atoms with Gasteiger partial charge in [-0.1, -0.05) is 30.3 Å². The molecule has 0 saturated heterocycles. The van der Waals surface area contributed by atoms with Crippen molar-refractivity contribution in [3.63, 3.8) is 0 Å². The molecule has 0 aliphatic rings. The number of para-hydroxylation sites is 1. The monoisotopic (exact) mass is 382 g/mol. The summed E-state index contributed by atoms with van der Waals surface area (Å²) in [5, 5.41) is 5.57. The van der Waals surface area contributed by atoms with Gasteiger partial charge in [-0.2, -0.15) is 13.2 Å². The molecule has 0 heterocycles. The van der Waals surface area contributed by atoms with Crippen LogP contribution in [0.25, 0.3) is 0 Å². The molecule has 2 aromatic carbocycles. The molecule has 1 amide bonds. The highest BCUT2D eigenvalue weighted by Gasteiger charge is 2.33. The van der Waals surface area contributed by atoms with Gasteiger partial charge < -0.3 is 10.6 Å². The van der Waals surface area contributed by atoms with Crippen molar-refractivity contribution in [3.8, 4) is 0 Å². The lowest BCUT2D eigenvalue weighted by atomic mass is 10.1. The fourth-order valence-electron chi connectivity index (χ4n) is 2.38. The minimum atomic E-state index is -4.50. The van der Waals surface area contributed by atoms with Crippen LogP contribution in [0.15, 0.2) is 59.5 Å². The highest BCUT2D eigenvalue weighted by atomic mass is 32.2. The molecule has 2 aromatic rings. The number of hydrogen-bond donors (Lipinski definition) is 2. The summed E-state index contributed by atoms with van der Waals surface area (Å²) in [5.41, 5.74) is -1.05. The van der Waals surface area contributed by atoms with E-state index >= 15 is 0 Å². The van der Waals surface area contributed by atoms with E-state index in [9.17, 15) is 18.0 Å². The maximum atomic E-state index is 12.9. The summed E-state index contributed by atoms with van der Waals surface area (Å²) in [7, 11) is 0. The van der Waals surface area contributed by atoms with Gasteiger partial charge in [0.25, 0.3) is 0 Å². The molecule has 1 atom stereocenters. The molecule has 0 bridgehead atoms. The Labute approximate surface area is 155 Å². The molecule has 0 aromatic heterocycles. The first-order chi connectivity index (χ1) is 12.4. The fraction of sp³-hybridized carbons (Fsp3) is 0.316. The molecule has 2 rings (SSSR count). The summed E-state index contributed by atoms with van der Waals surface area (Å²) in [4.78, 5) is 13.2.